The number of aryl methyl sites for hydroxylation is 1. The second-order valence-electron chi connectivity index (χ2n) is 6.96. The molecule has 0 bridgehead atoms. The van der Waals surface area contributed by atoms with Crippen molar-refractivity contribution in [2.75, 3.05) is 11.9 Å². The molecule has 2 heterocycles. The van der Waals surface area contributed by atoms with Crippen LogP contribution >= 0.6 is 0 Å². The van der Waals surface area contributed by atoms with Crippen molar-refractivity contribution in [1.82, 2.24) is 19.7 Å². The Labute approximate surface area is 153 Å². The van der Waals surface area contributed by atoms with Gasteiger partial charge >= 0.3 is 0 Å². The van der Waals surface area contributed by atoms with Gasteiger partial charge in [-0.05, 0) is 37.5 Å². The van der Waals surface area contributed by atoms with Crippen molar-refractivity contribution in [2.24, 2.45) is 0 Å². The number of aliphatic hydroxyl groups is 1. The van der Waals surface area contributed by atoms with E-state index in [1.165, 1.54) is 5.56 Å². The third-order valence-electron chi connectivity index (χ3n) is 4.92. The molecule has 0 radical (unpaired) electrons. The molecule has 0 saturated heterocycles. The van der Waals surface area contributed by atoms with Crippen molar-refractivity contribution in [3.8, 4) is 5.69 Å². The Hall–Kier alpha value is -2.73. The molecule has 6 heteroatoms. The standard InChI is InChI=1S/C20H23N5O/c1-14-22-18(16-10-17(26)11-16)12-20(23-14)24(2)13-15-6-3-4-7-19(15)25-9-5-8-21-25/h3-9,12,16-17,26H,10-11,13H2,1-2H3. The van der Waals surface area contributed by atoms with Gasteiger partial charge in [-0.1, -0.05) is 18.2 Å². The highest BCUT2D eigenvalue weighted by Gasteiger charge is 2.30. The summed E-state index contributed by atoms with van der Waals surface area (Å²) in [4.78, 5) is 11.3. The van der Waals surface area contributed by atoms with Crippen LogP contribution < -0.4 is 4.90 Å². The molecule has 1 N–H and O–H groups in total. The van der Waals surface area contributed by atoms with E-state index in [1.807, 2.05) is 43.0 Å². The Bertz CT molecular complexity index is 887. The van der Waals surface area contributed by atoms with Crippen molar-refractivity contribution in [1.29, 1.82) is 0 Å². The van der Waals surface area contributed by atoms with E-state index in [-0.39, 0.29) is 6.10 Å². The van der Waals surface area contributed by atoms with E-state index in [2.05, 4.69) is 38.2 Å². The second kappa shape index (κ2) is 6.88. The van der Waals surface area contributed by atoms with Crippen LogP contribution in [0.1, 0.15) is 35.8 Å². The van der Waals surface area contributed by atoms with E-state index in [9.17, 15) is 5.11 Å². The first-order valence-corrected chi connectivity index (χ1v) is 8.93. The number of hydrogen-bond donors (Lipinski definition) is 1. The monoisotopic (exact) mass is 349 g/mol. The smallest absolute Gasteiger partial charge is 0.132 e. The molecule has 0 atom stereocenters. The van der Waals surface area contributed by atoms with Gasteiger partial charge in [0.15, 0.2) is 0 Å². The molecule has 6 nitrogen and oxygen atoms in total. The summed E-state index contributed by atoms with van der Waals surface area (Å²) < 4.78 is 1.88. The van der Waals surface area contributed by atoms with Crippen molar-refractivity contribution in [2.45, 2.75) is 38.3 Å². The van der Waals surface area contributed by atoms with Crippen LogP contribution in [-0.4, -0.2) is 38.0 Å². The van der Waals surface area contributed by atoms with Gasteiger partial charge in [0.05, 0.1) is 11.8 Å². The summed E-state index contributed by atoms with van der Waals surface area (Å²) >= 11 is 0. The number of aliphatic hydroxyl groups excluding tert-OH is 1. The fourth-order valence-electron chi connectivity index (χ4n) is 3.42. The summed E-state index contributed by atoms with van der Waals surface area (Å²) in [6.07, 6.45) is 5.14. The average Bonchev–Trinajstić information content (AvgIpc) is 3.13. The van der Waals surface area contributed by atoms with Gasteiger partial charge in [-0.3, -0.25) is 0 Å². The van der Waals surface area contributed by atoms with Gasteiger partial charge in [0.2, 0.25) is 0 Å². The molecule has 1 aliphatic rings. The van der Waals surface area contributed by atoms with Crippen molar-refractivity contribution >= 4 is 5.82 Å². The first kappa shape index (κ1) is 16.7. The van der Waals surface area contributed by atoms with Crippen molar-refractivity contribution < 1.29 is 5.11 Å². The van der Waals surface area contributed by atoms with Gasteiger partial charge in [-0.2, -0.15) is 5.10 Å². The maximum atomic E-state index is 9.58. The average molecular weight is 349 g/mol. The largest absolute Gasteiger partial charge is 0.393 e. The molecule has 0 spiro atoms. The normalized spacial score (nSPS) is 19.2. The molecular weight excluding hydrogens is 326 g/mol. The quantitative estimate of drug-likeness (QED) is 0.767. The summed E-state index contributed by atoms with van der Waals surface area (Å²) in [5.41, 5.74) is 3.28. The molecule has 0 aliphatic heterocycles. The van der Waals surface area contributed by atoms with Crippen LogP contribution in [0, 0.1) is 6.92 Å². The highest BCUT2D eigenvalue weighted by molar-refractivity contribution is 5.46. The molecule has 0 unspecified atom stereocenters. The fourth-order valence-corrected chi connectivity index (χ4v) is 3.42. The van der Waals surface area contributed by atoms with Crippen LogP contribution in [0.25, 0.3) is 5.69 Å². The molecule has 1 saturated carbocycles. The number of hydrogen-bond acceptors (Lipinski definition) is 5. The lowest BCUT2D eigenvalue weighted by molar-refractivity contribution is 0.0731. The second-order valence-corrected chi connectivity index (χ2v) is 6.96. The third-order valence-corrected chi connectivity index (χ3v) is 4.92. The van der Waals surface area contributed by atoms with Gasteiger partial charge < -0.3 is 10.0 Å². The lowest BCUT2D eigenvalue weighted by Gasteiger charge is -2.31. The molecular formula is C20H23N5O. The van der Waals surface area contributed by atoms with Crippen LogP contribution in [-0.2, 0) is 6.54 Å². The fraction of sp³-hybridized carbons (Fsp3) is 0.350. The molecule has 1 aromatic carbocycles. The number of benzene rings is 1. The van der Waals surface area contributed by atoms with Gasteiger partial charge in [0.25, 0.3) is 0 Å². The summed E-state index contributed by atoms with van der Waals surface area (Å²) in [5, 5.41) is 13.9. The Morgan fingerprint density at radius 2 is 2.00 bits per heavy atom. The van der Waals surface area contributed by atoms with E-state index in [0.717, 1.165) is 42.4 Å². The first-order chi connectivity index (χ1) is 12.6. The van der Waals surface area contributed by atoms with E-state index in [4.69, 9.17) is 0 Å². The molecule has 4 rings (SSSR count). The summed E-state index contributed by atoms with van der Waals surface area (Å²) in [6.45, 7) is 2.65. The highest BCUT2D eigenvalue weighted by Crippen LogP contribution is 2.36. The van der Waals surface area contributed by atoms with E-state index in [1.54, 1.807) is 6.20 Å². The Morgan fingerprint density at radius 1 is 1.19 bits per heavy atom. The van der Waals surface area contributed by atoms with Gasteiger partial charge in [0, 0.05) is 43.7 Å². The molecule has 0 amide bonds. The predicted molar refractivity (Wildman–Crippen MR) is 100 cm³/mol. The molecule has 134 valence electrons. The lowest BCUT2D eigenvalue weighted by atomic mass is 9.80. The lowest BCUT2D eigenvalue weighted by Crippen LogP contribution is -2.28. The number of rotatable bonds is 5. The zero-order chi connectivity index (χ0) is 18.1. The number of nitrogens with zero attached hydrogens (tertiary/aromatic N) is 5. The summed E-state index contributed by atoms with van der Waals surface area (Å²) in [5.74, 6) is 2.02. The van der Waals surface area contributed by atoms with Gasteiger partial charge in [0.1, 0.15) is 11.6 Å². The van der Waals surface area contributed by atoms with Crippen LogP contribution in [0.5, 0.6) is 0 Å². The Morgan fingerprint density at radius 3 is 2.73 bits per heavy atom. The maximum absolute atomic E-state index is 9.58. The minimum Gasteiger partial charge on any atom is -0.393 e. The van der Waals surface area contributed by atoms with Crippen molar-refractivity contribution in [3.05, 3.63) is 65.9 Å². The van der Waals surface area contributed by atoms with Gasteiger partial charge in [-0.15, -0.1) is 0 Å². The molecule has 3 aromatic rings. The Balaban J connectivity index is 1.59. The van der Waals surface area contributed by atoms with E-state index in [0.29, 0.717) is 5.92 Å². The van der Waals surface area contributed by atoms with Gasteiger partial charge in [-0.25, -0.2) is 14.6 Å². The molecule has 26 heavy (non-hydrogen) atoms. The minimum atomic E-state index is -0.183. The SMILES string of the molecule is Cc1nc(C2CC(O)C2)cc(N(C)Cc2ccccc2-n2cccn2)n1. The zero-order valence-corrected chi connectivity index (χ0v) is 15.1. The highest BCUT2D eigenvalue weighted by atomic mass is 16.3. The third kappa shape index (κ3) is 3.32. The topological polar surface area (TPSA) is 67.1 Å². The number of anilines is 1. The van der Waals surface area contributed by atoms with Crippen LogP contribution in [0.15, 0.2) is 48.8 Å². The van der Waals surface area contributed by atoms with E-state index < -0.39 is 0 Å². The van der Waals surface area contributed by atoms with Crippen LogP contribution in [0.4, 0.5) is 5.82 Å². The molecule has 2 aromatic heterocycles. The molecule has 1 aliphatic carbocycles. The number of para-hydroxylation sites is 1. The summed E-state index contributed by atoms with van der Waals surface area (Å²) in [7, 11) is 2.04. The first-order valence-electron chi connectivity index (χ1n) is 8.93. The van der Waals surface area contributed by atoms with Crippen molar-refractivity contribution in [3.63, 3.8) is 0 Å². The number of aromatic nitrogens is 4. The van der Waals surface area contributed by atoms with Crippen LogP contribution in [0.3, 0.4) is 0 Å². The zero-order valence-electron chi connectivity index (χ0n) is 15.1. The molecule has 1 fully saturated rings. The van der Waals surface area contributed by atoms with Crippen LogP contribution in [0.2, 0.25) is 0 Å². The Kier molecular flexibility index (Phi) is 4.42. The summed E-state index contributed by atoms with van der Waals surface area (Å²) in [6, 6.07) is 12.2. The van der Waals surface area contributed by atoms with E-state index >= 15 is 0 Å². The maximum Gasteiger partial charge on any atom is 0.132 e. The minimum absolute atomic E-state index is 0.183. The predicted octanol–water partition coefficient (Wildman–Crippen LogP) is 2.85.